The summed E-state index contributed by atoms with van der Waals surface area (Å²) in [5.74, 6) is -0.611. The molecule has 0 aromatic heterocycles. The molecule has 1 aliphatic carbocycles. The van der Waals surface area contributed by atoms with Crippen molar-refractivity contribution >= 4 is 5.71 Å². The molecule has 1 heterocycles. The summed E-state index contributed by atoms with van der Waals surface area (Å²) in [5.41, 5.74) is -0.292. The highest BCUT2D eigenvalue weighted by Gasteiger charge is 2.57. The molecule has 1 aromatic carbocycles. The largest absolute Gasteiger partial charge is 0.493 e. The summed E-state index contributed by atoms with van der Waals surface area (Å²) >= 11 is 0. The van der Waals surface area contributed by atoms with Crippen LogP contribution in [-0.2, 0) is 0 Å². The maximum Gasteiger partial charge on any atom is 0.189 e. The minimum atomic E-state index is -1.72. The SMILES string of the molecule is CCCN1CC=C2C(C#N)C(=N)C(C#N)(C#N)[C@@H](c3ccc(OC)c(OC)c3)[C@H]2C1. The van der Waals surface area contributed by atoms with Gasteiger partial charge in [-0.3, -0.25) is 4.90 Å². The van der Waals surface area contributed by atoms with E-state index in [0.717, 1.165) is 24.1 Å². The van der Waals surface area contributed by atoms with Crippen LogP contribution in [0.15, 0.2) is 29.8 Å². The maximum absolute atomic E-state index is 10.1. The monoisotopic (exact) mass is 403 g/mol. The van der Waals surface area contributed by atoms with Crippen molar-refractivity contribution in [3.63, 3.8) is 0 Å². The van der Waals surface area contributed by atoms with Gasteiger partial charge in [0.05, 0.1) is 38.1 Å². The molecule has 0 bridgehead atoms. The van der Waals surface area contributed by atoms with Crippen molar-refractivity contribution in [1.82, 2.24) is 4.90 Å². The van der Waals surface area contributed by atoms with Crippen LogP contribution in [0.3, 0.4) is 0 Å². The molecule has 7 nitrogen and oxygen atoms in total. The molecule has 0 radical (unpaired) electrons. The minimum Gasteiger partial charge on any atom is -0.493 e. The summed E-state index contributed by atoms with van der Waals surface area (Å²) in [4.78, 5) is 2.27. The van der Waals surface area contributed by atoms with E-state index in [1.54, 1.807) is 19.2 Å². The van der Waals surface area contributed by atoms with Crippen LogP contribution in [0.5, 0.6) is 11.5 Å². The molecule has 1 aromatic rings. The van der Waals surface area contributed by atoms with Crippen LogP contribution in [-0.4, -0.2) is 44.5 Å². The second-order valence-electron chi connectivity index (χ2n) is 7.67. The standard InChI is InChI=1S/C23H25N5O2/c1-4-8-28-9-7-16-17(11-24)22(27)23(13-25,14-26)21(18(16)12-28)15-5-6-19(29-2)20(10-15)30-3/h5-7,10,17-18,21,27H,4,8-9,12H2,1-3H3/t17?,18-,21-/m0/s1. The van der Waals surface area contributed by atoms with Crippen molar-refractivity contribution in [2.45, 2.75) is 19.3 Å². The topological polar surface area (TPSA) is 117 Å². The fourth-order valence-electron chi connectivity index (χ4n) is 4.79. The van der Waals surface area contributed by atoms with Gasteiger partial charge in [-0.15, -0.1) is 0 Å². The highest BCUT2D eigenvalue weighted by atomic mass is 16.5. The molecule has 30 heavy (non-hydrogen) atoms. The molecule has 1 aliphatic heterocycles. The summed E-state index contributed by atoms with van der Waals surface area (Å²) in [7, 11) is 3.08. The van der Waals surface area contributed by atoms with Crippen molar-refractivity contribution in [2.24, 2.45) is 17.3 Å². The van der Waals surface area contributed by atoms with E-state index in [4.69, 9.17) is 14.9 Å². The van der Waals surface area contributed by atoms with Crippen LogP contribution < -0.4 is 9.47 Å². The van der Waals surface area contributed by atoms with Crippen LogP contribution in [0.4, 0.5) is 0 Å². The molecule has 0 amide bonds. The third kappa shape index (κ3) is 3.20. The summed E-state index contributed by atoms with van der Waals surface area (Å²) in [6, 6.07) is 11.8. The normalized spacial score (nSPS) is 25.1. The molecule has 2 aliphatic rings. The van der Waals surface area contributed by atoms with Crippen LogP contribution in [0.1, 0.15) is 24.8 Å². The quantitative estimate of drug-likeness (QED) is 0.754. The van der Waals surface area contributed by atoms with Gasteiger partial charge in [0, 0.05) is 24.9 Å². The lowest BCUT2D eigenvalue weighted by molar-refractivity contribution is 0.204. The van der Waals surface area contributed by atoms with Crippen LogP contribution in [0.2, 0.25) is 0 Å². The van der Waals surface area contributed by atoms with E-state index in [2.05, 4.69) is 30.0 Å². The van der Waals surface area contributed by atoms with Gasteiger partial charge in [0.25, 0.3) is 0 Å². The Morgan fingerprint density at radius 2 is 1.87 bits per heavy atom. The van der Waals surface area contributed by atoms with Gasteiger partial charge < -0.3 is 14.9 Å². The Kier molecular flexibility index (Phi) is 6.11. The number of nitriles is 3. The van der Waals surface area contributed by atoms with Crippen molar-refractivity contribution in [3.05, 3.63) is 35.4 Å². The average molecular weight is 403 g/mol. The number of hydrogen-bond acceptors (Lipinski definition) is 7. The predicted molar refractivity (Wildman–Crippen MR) is 111 cm³/mol. The van der Waals surface area contributed by atoms with Gasteiger partial charge in [-0.05, 0) is 36.2 Å². The molecule has 1 saturated carbocycles. The van der Waals surface area contributed by atoms with Gasteiger partial charge in [-0.25, -0.2) is 0 Å². The van der Waals surface area contributed by atoms with Crippen LogP contribution in [0, 0.1) is 56.7 Å². The fourth-order valence-corrected chi connectivity index (χ4v) is 4.79. The number of nitrogens with zero attached hydrogens (tertiary/aromatic N) is 4. The summed E-state index contributed by atoms with van der Waals surface area (Å²) in [6.07, 6.45) is 2.99. The van der Waals surface area contributed by atoms with E-state index >= 15 is 0 Å². The highest BCUT2D eigenvalue weighted by Crippen LogP contribution is 2.54. The molecule has 3 atom stereocenters. The average Bonchev–Trinajstić information content (AvgIpc) is 2.78. The number of rotatable bonds is 5. The molecule has 1 N–H and O–H groups in total. The lowest BCUT2D eigenvalue weighted by atomic mass is 9.54. The van der Waals surface area contributed by atoms with E-state index in [1.165, 1.54) is 7.11 Å². The van der Waals surface area contributed by atoms with E-state index in [9.17, 15) is 15.8 Å². The molecule has 1 unspecified atom stereocenters. The Hall–Kier alpha value is -3.34. The van der Waals surface area contributed by atoms with Gasteiger partial charge in [0.15, 0.2) is 16.9 Å². The van der Waals surface area contributed by atoms with Crippen molar-refractivity contribution in [1.29, 1.82) is 21.2 Å². The number of fused-ring (bicyclic) bond motifs is 1. The second-order valence-corrected chi connectivity index (χ2v) is 7.67. The molecule has 7 heteroatoms. The Morgan fingerprint density at radius 1 is 1.17 bits per heavy atom. The summed E-state index contributed by atoms with van der Waals surface area (Å²) in [6.45, 7) is 4.33. The minimum absolute atomic E-state index is 0.138. The first-order chi connectivity index (χ1) is 14.5. The van der Waals surface area contributed by atoms with E-state index < -0.39 is 17.3 Å². The highest BCUT2D eigenvalue weighted by molar-refractivity contribution is 6.00. The lowest BCUT2D eigenvalue weighted by Crippen LogP contribution is -2.52. The number of hydrogen-bond donors (Lipinski definition) is 1. The molecule has 0 saturated heterocycles. The summed E-state index contributed by atoms with van der Waals surface area (Å²) in [5, 5.41) is 38.7. The zero-order valence-electron chi connectivity index (χ0n) is 17.5. The van der Waals surface area contributed by atoms with Crippen LogP contribution in [0.25, 0.3) is 0 Å². The van der Waals surface area contributed by atoms with Gasteiger partial charge >= 0.3 is 0 Å². The number of benzene rings is 1. The first-order valence-electron chi connectivity index (χ1n) is 9.96. The zero-order valence-corrected chi connectivity index (χ0v) is 17.5. The number of ether oxygens (including phenoxy) is 2. The van der Waals surface area contributed by atoms with Crippen LogP contribution >= 0.6 is 0 Å². The van der Waals surface area contributed by atoms with Gasteiger partial charge in [-0.2, -0.15) is 15.8 Å². The summed E-state index contributed by atoms with van der Waals surface area (Å²) < 4.78 is 10.8. The lowest BCUT2D eigenvalue weighted by Gasteiger charge is -2.47. The van der Waals surface area contributed by atoms with E-state index in [-0.39, 0.29) is 11.6 Å². The van der Waals surface area contributed by atoms with Gasteiger partial charge in [0.1, 0.15) is 5.92 Å². The van der Waals surface area contributed by atoms with Crippen molar-refractivity contribution in [3.8, 4) is 29.7 Å². The molecular weight excluding hydrogens is 378 g/mol. The molecule has 3 rings (SSSR count). The van der Waals surface area contributed by atoms with Gasteiger partial charge in [-0.1, -0.05) is 19.1 Å². The Balaban J connectivity index is 2.23. The maximum atomic E-state index is 10.1. The second kappa shape index (κ2) is 8.57. The third-order valence-corrected chi connectivity index (χ3v) is 6.17. The van der Waals surface area contributed by atoms with Gasteiger partial charge in [0.2, 0.25) is 0 Å². The number of methoxy groups -OCH3 is 2. The van der Waals surface area contributed by atoms with E-state index in [1.807, 2.05) is 12.1 Å². The molecule has 1 fully saturated rings. The molecular formula is C23H25N5O2. The predicted octanol–water partition coefficient (Wildman–Crippen LogP) is 3.26. The zero-order chi connectivity index (χ0) is 21.9. The Morgan fingerprint density at radius 3 is 2.43 bits per heavy atom. The Bertz CT molecular complexity index is 980. The fraction of sp³-hybridized carbons (Fsp3) is 0.478. The molecule has 154 valence electrons. The number of nitrogens with one attached hydrogen (secondary N) is 1. The smallest absolute Gasteiger partial charge is 0.189 e. The third-order valence-electron chi connectivity index (χ3n) is 6.17. The van der Waals surface area contributed by atoms with E-state index in [0.29, 0.717) is 24.6 Å². The Labute approximate surface area is 177 Å². The van der Waals surface area contributed by atoms with Crippen molar-refractivity contribution < 1.29 is 9.47 Å². The first kappa shape index (κ1) is 21.4. The van der Waals surface area contributed by atoms with Crippen molar-refractivity contribution in [2.75, 3.05) is 33.9 Å². The molecule has 0 spiro atoms. The first-order valence-corrected chi connectivity index (χ1v) is 9.96.